The summed E-state index contributed by atoms with van der Waals surface area (Å²) in [6, 6.07) is 0. The molecule has 6 nitrogen and oxygen atoms in total. The first-order valence-electron chi connectivity index (χ1n) is 6.76. The van der Waals surface area contributed by atoms with Gasteiger partial charge >= 0.3 is 5.97 Å². The first-order valence-corrected chi connectivity index (χ1v) is 6.76. The van der Waals surface area contributed by atoms with E-state index in [0.29, 0.717) is 25.7 Å². The molecule has 0 spiro atoms. The zero-order valence-corrected chi connectivity index (χ0v) is 11.6. The fraction of sp³-hybridized carbons (Fsp3) is 0.846. The summed E-state index contributed by atoms with van der Waals surface area (Å²) in [6.07, 6.45) is 6.18. The number of esters is 1. The molecule has 0 aliphatic heterocycles. The average molecular weight is 273 g/mol. The summed E-state index contributed by atoms with van der Waals surface area (Å²) in [4.78, 5) is 31.9. The van der Waals surface area contributed by atoms with Crippen molar-refractivity contribution in [2.75, 3.05) is 13.7 Å². The third-order valence-electron chi connectivity index (χ3n) is 2.86. The fourth-order valence-corrected chi connectivity index (χ4v) is 1.75. The van der Waals surface area contributed by atoms with Crippen LogP contribution in [0.25, 0.3) is 0 Å². The Morgan fingerprint density at radius 1 is 0.947 bits per heavy atom. The minimum Gasteiger partial charge on any atom is -0.469 e. The smallest absolute Gasteiger partial charge is 0.305 e. The summed E-state index contributed by atoms with van der Waals surface area (Å²) in [7, 11) is 1.38. The van der Waals surface area contributed by atoms with Gasteiger partial charge in [0, 0.05) is 30.6 Å². The van der Waals surface area contributed by atoms with E-state index in [2.05, 4.69) is 4.74 Å². The Labute approximate surface area is 113 Å². The number of carbonyl (C=O) groups excluding carboxylic acids is 2. The van der Waals surface area contributed by atoms with Crippen LogP contribution in [0.3, 0.4) is 0 Å². The average Bonchev–Trinajstić information content (AvgIpc) is 2.36. The third kappa shape index (κ3) is 12.8. The van der Waals surface area contributed by atoms with E-state index < -0.39 is 4.92 Å². The minimum absolute atomic E-state index is 0.108. The number of ether oxygens (including phenoxy) is 1. The van der Waals surface area contributed by atoms with Gasteiger partial charge in [0.25, 0.3) is 0 Å². The van der Waals surface area contributed by atoms with E-state index in [0.717, 1.165) is 32.1 Å². The van der Waals surface area contributed by atoms with E-state index in [-0.39, 0.29) is 18.3 Å². The summed E-state index contributed by atoms with van der Waals surface area (Å²) < 4.78 is 4.53. The summed E-state index contributed by atoms with van der Waals surface area (Å²) in [5.41, 5.74) is 0. The number of Topliss-reactive ketones (excluding diaryl/α,β-unsaturated/α-hetero) is 1. The van der Waals surface area contributed by atoms with Gasteiger partial charge in [0.05, 0.1) is 7.11 Å². The summed E-state index contributed by atoms with van der Waals surface area (Å²) in [6.45, 7) is -0.126. The lowest BCUT2D eigenvalue weighted by Gasteiger charge is -2.01. The van der Waals surface area contributed by atoms with Gasteiger partial charge in [-0.05, 0) is 12.8 Å². The monoisotopic (exact) mass is 273 g/mol. The molecule has 0 aromatic heterocycles. The number of unbranched alkanes of at least 4 members (excludes halogenated alkanes) is 4. The molecule has 19 heavy (non-hydrogen) atoms. The van der Waals surface area contributed by atoms with E-state index in [1.165, 1.54) is 7.11 Å². The van der Waals surface area contributed by atoms with Crippen molar-refractivity contribution in [3.63, 3.8) is 0 Å². The number of nitrogens with zero attached hydrogens (tertiary/aromatic N) is 1. The van der Waals surface area contributed by atoms with Crippen LogP contribution in [0.15, 0.2) is 0 Å². The molecule has 110 valence electrons. The maximum absolute atomic E-state index is 11.4. The minimum atomic E-state index is -0.394. The largest absolute Gasteiger partial charge is 0.469 e. The molecule has 0 aromatic rings. The molecule has 0 amide bonds. The van der Waals surface area contributed by atoms with Gasteiger partial charge in [0.2, 0.25) is 6.54 Å². The molecule has 0 unspecified atom stereocenters. The van der Waals surface area contributed by atoms with Crippen LogP contribution in [0.5, 0.6) is 0 Å². The summed E-state index contributed by atoms with van der Waals surface area (Å²) in [5, 5.41) is 10.1. The Morgan fingerprint density at radius 2 is 1.47 bits per heavy atom. The van der Waals surface area contributed by atoms with E-state index in [9.17, 15) is 19.7 Å². The number of rotatable bonds is 12. The molecule has 0 aromatic carbocycles. The Balaban J connectivity index is 3.27. The van der Waals surface area contributed by atoms with Gasteiger partial charge in [-0.25, -0.2) is 0 Å². The first-order chi connectivity index (χ1) is 9.06. The van der Waals surface area contributed by atoms with Crippen molar-refractivity contribution in [1.29, 1.82) is 0 Å². The van der Waals surface area contributed by atoms with E-state index >= 15 is 0 Å². The molecule has 0 aliphatic rings. The van der Waals surface area contributed by atoms with Crippen molar-refractivity contribution in [2.24, 2.45) is 0 Å². The highest BCUT2D eigenvalue weighted by Gasteiger charge is 2.05. The van der Waals surface area contributed by atoms with Gasteiger partial charge in [0.1, 0.15) is 5.78 Å². The standard InChI is InChI=1S/C13H23NO5/c1-19-13(16)10-6-4-2-3-5-8-12(15)9-7-11-14(17)18/h2-11H2,1H3. The van der Waals surface area contributed by atoms with Crippen molar-refractivity contribution >= 4 is 11.8 Å². The molecule has 0 radical (unpaired) electrons. The topological polar surface area (TPSA) is 86.5 Å². The zero-order chi connectivity index (χ0) is 14.5. The SMILES string of the molecule is COC(=O)CCCCCCCC(=O)CCC[N+](=O)[O-]. The molecule has 0 saturated carbocycles. The van der Waals surface area contributed by atoms with Crippen LogP contribution in [0.1, 0.15) is 57.8 Å². The van der Waals surface area contributed by atoms with Crippen LogP contribution in [-0.2, 0) is 14.3 Å². The van der Waals surface area contributed by atoms with Gasteiger partial charge in [-0.2, -0.15) is 0 Å². The molecule has 0 atom stereocenters. The van der Waals surface area contributed by atoms with Crippen molar-refractivity contribution in [1.82, 2.24) is 0 Å². The van der Waals surface area contributed by atoms with Crippen LogP contribution in [-0.4, -0.2) is 30.3 Å². The predicted octanol–water partition coefficient (Wildman–Crippen LogP) is 2.52. The van der Waals surface area contributed by atoms with E-state index in [1.807, 2.05) is 0 Å². The normalized spacial score (nSPS) is 10.2. The fourth-order valence-electron chi connectivity index (χ4n) is 1.75. The van der Waals surface area contributed by atoms with Gasteiger partial charge in [0.15, 0.2) is 0 Å². The number of ketones is 1. The van der Waals surface area contributed by atoms with Crippen LogP contribution < -0.4 is 0 Å². The zero-order valence-electron chi connectivity index (χ0n) is 11.6. The molecule has 0 heterocycles. The second-order valence-corrected chi connectivity index (χ2v) is 4.54. The lowest BCUT2D eigenvalue weighted by molar-refractivity contribution is -0.480. The van der Waals surface area contributed by atoms with Crippen molar-refractivity contribution < 1.29 is 19.2 Å². The maximum atomic E-state index is 11.4. The van der Waals surface area contributed by atoms with Gasteiger partial charge < -0.3 is 4.74 Å². The van der Waals surface area contributed by atoms with Crippen molar-refractivity contribution in [3.8, 4) is 0 Å². The number of methoxy groups -OCH3 is 1. The summed E-state index contributed by atoms with van der Waals surface area (Å²) >= 11 is 0. The number of carbonyl (C=O) groups is 2. The van der Waals surface area contributed by atoms with Crippen LogP contribution in [0, 0.1) is 10.1 Å². The lowest BCUT2D eigenvalue weighted by Crippen LogP contribution is -2.05. The lowest BCUT2D eigenvalue weighted by atomic mass is 10.1. The van der Waals surface area contributed by atoms with E-state index in [1.54, 1.807) is 0 Å². The van der Waals surface area contributed by atoms with Crippen molar-refractivity contribution in [2.45, 2.75) is 57.8 Å². The Bertz CT molecular complexity index is 291. The quantitative estimate of drug-likeness (QED) is 0.236. The van der Waals surface area contributed by atoms with Crippen molar-refractivity contribution in [3.05, 3.63) is 10.1 Å². The van der Waals surface area contributed by atoms with Crippen LogP contribution >= 0.6 is 0 Å². The van der Waals surface area contributed by atoms with Crippen LogP contribution in [0.2, 0.25) is 0 Å². The van der Waals surface area contributed by atoms with E-state index in [4.69, 9.17) is 0 Å². The highest BCUT2D eigenvalue weighted by molar-refractivity contribution is 5.78. The molecule has 0 N–H and O–H groups in total. The third-order valence-corrected chi connectivity index (χ3v) is 2.86. The molecule has 0 bridgehead atoms. The number of hydrogen-bond donors (Lipinski definition) is 0. The number of hydrogen-bond acceptors (Lipinski definition) is 5. The molecule has 6 heteroatoms. The first kappa shape index (κ1) is 17.5. The van der Waals surface area contributed by atoms with Gasteiger partial charge in [-0.3, -0.25) is 19.7 Å². The molecule has 0 saturated heterocycles. The highest BCUT2D eigenvalue weighted by Crippen LogP contribution is 2.09. The second-order valence-electron chi connectivity index (χ2n) is 4.54. The Hall–Kier alpha value is -1.46. The summed E-state index contributed by atoms with van der Waals surface area (Å²) in [5.74, 6) is -0.0719. The number of nitro groups is 1. The second kappa shape index (κ2) is 11.6. The molecular weight excluding hydrogens is 250 g/mol. The Morgan fingerprint density at radius 3 is 2.05 bits per heavy atom. The highest BCUT2D eigenvalue weighted by atomic mass is 16.6. The van der Waals surface area contributed by atoms with Gasteiger partial charge in [-0.1, -0.05) is 19.3 Å². The molecule has 0 rings (SSSR count). The Kier molecular flexibility index (Phi) is 10.7. The maximum Gasteiger partial charge on any atom is 0.305 e. The van der Waals surface area contributed by atoms with Crippen LogP contribution in [0.4, 0.5) is 0 Å². The molecular formula is C13H23NO5. The predicted molar refractivity (Wildman–Crippen MR) is 70.4 cm³/mol. The molecule has 0 aliphatic carbocycles. The molecule has 0 fully saturated rings. The van der Waals surface area contributed by atoms with Gasteiger partial charge in [-0.15, -0.1) is 0 Å².